The SMILES string of the molecule is [Cr+3].[Cr+3].[Ni+2].[O-2].[O-2].[O-2].[O-2]. The van der Waals surface area contributed by atoms with E-state index in [2.05, 4.69) is 0 Å². The minimum atomic E-state index is 0. The summed E-state index contributed by atoms with van der Waals surface area (Å²) in [5.74, 6) is 0. The van der Waals surface area contributed by atoms with Gasteiger partial charge in [0.15, 0.2) is 0 Å². The summed E-state index contributed by atoms with van der Waals surface area (Å²) in [5.41, 5.74) is 0. The van der Waals surface area contributed by atoms with E-state index in [-0.39, 0.29) is 73.1 Å². The topological polar surface area (TPSA) is 114 Å². The molecule has 0 spiro atoms. The minimum absolute atomic E-state index is 0. The second kappa shape index (κ2) is 155. The van der Waals surface area contributed by atoms with E-state index in [1.807, 2.05) is 0 Å². The summed E-state index contributed by atoms with van der Waals surface area (Å²) in [6.07, 6.45) is 0. The van der Waals surface area contributed by atoms with E-state index in [0.717, 1.165) is 0 Å². The van der Waals surface area contributed by atoms with Gasteiger partial charge in [0.2, 0.25) is 0 Å². The van der Waals surface area contributed by atoms with Crippen LogP contribution in [0.25, 0.3) is 0 Å². The van der Waals surface area contributed by atoms with E-state index in [4.69, 9.17) is 0 Å². The van der Waals surface area contributed by atoms with Gasteiger partial charge < -0.3 is 21.9 Å². The summed E-state index contributed by atoms with van der Waals surface area (Å²) in [5, 5.41) is 0. The fourth-order valence-corrected chi connectivity index (χ4v) is 0. The van der Waals surface area contributed by atoms with Crippen LogP contribution in [0.15, 0.2) is 0 Å². The molecule has 0 aromatic heterocycles. The van der Waals surface area contributed by atoms with Gasteiger partial charge in [0.05, 0.1) is 0 Å². The van der Waals surface area contributed by atoms with Crippen LogP contribution >= 0.6 is 0 Å². The molecule has 0 bridgehead atoms. The van der Waals surface area contributed by atoms with Crippen LogP contribution in [-0.4, -0.2) is 0 Å². The van der Waals surface area contributed by atoms with Gasteiger partial charge in [-0.2, -0.15) is 0 Å². The summed E-state index contributed by atoms with van der Waals surface area (Å²) in [6.45, 7) is 0. The Morgan fingerprint density at radius 2 is 0.429 bits per heavy atom. The molecule has 0 aromatic carbocycles. The third-order valence-corrected chi connectivity index (χ3v) is 0. The fourth-order valence-electron chi connectivity index (χ4n) is 0. The van der Waals surface area contributed by atoms with Gasteiger partial charge in [-0.15, -0.1) is 0 Å². The van der Waals surface area contributed by atoms with Gasteiger partial charge in [-0.05, 0) is 0 Å². The summed E-state index contributed by atoms with van der Waals surface area (Å²) >= 11 is 0. The summed E-state index contributed by atoms with van der Waals surface area (Å²) in [6, 6.07) is 0. The van der Waals surface area contributed by atoms with Crippen molar-refractivity contribution in [3.63, 3.8) is 0 Å². The first-order chi connectivity index (χ1) is 0. The van der Waals surface area contributed by atoms with E-state index >= 15 is 0 Å². The molecule has 0 fully saturated rings. The van der Waals surface area contributed by atoms with Gasteiger partial charge in [-0.25, -0.2) is 0 Å². The normalized spacial score (nSPS) is 0. The van der Waals surface area contributed by atoms with Crippen LogP contribution in [0.4, 0.5) is 0 Å². The molecule has 0 amide bonds. The third kappa shape index (κ3) is 110. The number of hydrogen-bond donors (Lipinski definition) is 0. The monoisotopic (exact) mass is 226 g/mol. The summed E-state index contributed by atoms with van der Waals surface area (Å²) in [7, 11) is 0. The molecule has 4 nitrogen and oxygen atoms in total. The fraction of sp³-hybridized carbons (Fsp3) is 0. The first kappa shape index (κ1) is 235. The van der Waals surface area contributed by atoms with Gasteiger partial charge in [0.25, 0.3) is 0 Å². The van der Waals surface area contributed by atoms with E-state index in [9.17, 15) is 0 Å². The van der Waals surface area contributed by atoms with E-state index in [0.29, 0.717) is 0 Å². The Kier molecular flexibility index (Phi) is 5200. The molecule has 0 heterocycles. The molecular formula is Cr2NiO4. The van der Waals surface area contributed by atoms with Crippen molar-refractivity contribution in [2.45, 2.75) is 0 Å². The molecule has 2 radical (unpaired) electrons. The van der Waals surface area contributed by atoms with Crippen molar-refractivity contribution < 1.29 is 73.1 Å². The Bertz CT molecular complexity index is 9.65. The Labute approximate surface area is 73.1 Å². The van der Waals surface area contributed by atoms with Crippen LogP contribution in [0.3, 0.4) is 0 Å². The van der Waals surface area contributed by atoms with Crippen molar-refractivity contribution in [3.8, 4) is 0 Å². The van der Waals surface area contributed by atoms with E-state index in [1.165, 1.54) is 0 Å². The van der Waals surface area contributed by atoms with Crippen LogP contribution in [0.1, 0.15) is 0 Å². The maximum Gasteiger partial charge on any atom is 3.00 e. The van der Waals surface area contributed by atoms with Crippen LogP contribution in [0, 0.1) is 0 Å². The number of hydrogen-bond acceptors (Lipinski definition) is 0. The van der Waals surface area contributed by atoms with Crippen molar-refractivity contribution >= 4 is 0 Å². The standard InChI is InChI=1S/2Cr.Ni.4O/q2*+3;+2;4*-2. The number of rotatable bonds is 0. The van der Waals surface area contributed by atoms with Crippen molar-refractivity contribution in [1.82, 2.24) is 0 Å². The first-order valence-electron chi connectivity index (χ1n) is 0. The van der Waals surface area contributed by atoms with Gasteiger partial charge in [0.1, 0.15) is 0 Å². The largest absolute Gasteiger partial charge is 3.00 e. The van der Waals surface area contributed by atoms with Crippen molar-refractivity contribution in [3.05, 3.63) is 0 Å². The molecule has 0 aromatic rings. The van der Waals surface area contributed by atoms with Crippen molar-refractivity contribution in [2.75, 3.05) is 0 Å². The molecule has 0 aliphatic carbocycles. The Morgan fingerprint density at radius 1 is 0.429 bits per heavy atom. The van der Waals surface area contributed by atoms with Crippen LogP contribution in [0.2, 0.25) is 0 Å². The molecule has 0 atom stereocenters. The first-order valence-corrected chi connectivity index (χ1v) is 0. The molecule has 0 N–H and O–H groups in total. The minimum Gasteiger partial charge on any atom is -2.00 e. The van der Waals surface area contributed by atoms with Crippen molar-refractivity contribution in [2.24, 2.45) is 0 Å². The molecule has 0 rings (SSSR count). The predicted molar refractivity (Wildman–Crippen MR) is 2.75 cm³/mol. The summed E-state index contributed by atoms with van der Waals surface area (Å²) in [4.78, 5) is 0. The summed E-state index contributed by atoms with van der Waals surface area (Å²) < 4.78 is 0. The molecule has 0 aliphatic heterocycles. The molecule has 7 heavy (non-hydrogen) atoms. The van der Waals surface area contributed by atoms with E-state index in [1.54, 1.807) is 0 Å². The van der Waals surface area contributed by atoms with Gasteiger partial charge in [-0.3, -0.25) is 0 Å². The molecule has 0 aliphatic rings. The quantitative estimate of drug-likeness (QED) is 0.497. The Morgan fingerprint density at radius 3 is 0.429 bits per heavy atom. The molecular weight excluding hydrogens is 227 g/mol. The zero-order valence-corrected chi connectivity index (χ0v) is 6.30. The Hall–Kier alpha value is 1.40. The van der Waals surface area contributed by atoms with Crippen LogP contribution < -0.4 is 0 Å². The Balaban J connectivity index is 0. The smallest absolute Gasteiger partial charge is 2.00 e. The second-order valence-corrected chi connectivity index (χ2v) is 0. The molecule has 0 unspecified atom stereocenters. The van der Waals surface area contributed by atoms with Gasteiger partial charge in [-0.1, -0.05) is 0 Å². The average Bonchev–Trinajstić information content (AvgIpc) is 0. The molecule has 46 valence electrons. The molecule has 0 saturated heterocycles. The predicted octanol–water partition coefficient (Wildman–Crippen LogP) is -0.483. The van der Waals surface area contributed by atoms with Gasteiger partial charge >= 0.3 is 51.2 Å². The van der Waals surface area contributed by atoms with Crippen molar-refractivity contribution in [1.29, 1.82) is 0 Å². The molecule has 0 saturated carbocycles. The second-order valence-electron chi connectivity index (χ2n) is 0. The zero-order chi connectivity index (χ0) is 0. The average molecular weight is 227 g/mol. The zero-order valence-electron chi connectivity index (χ0n) is 2.77. The third-order valence-electron chi connectivity index (χ3n) is 0. The maximum atomic E-state index is 0. The maximum absolute atomic E-state index is 0. The van der Waals surface area contributed by atoms with Crippen LogP contribution in [-0.2, 0) is 73.1 Å². The molecule has 7 heteroatoms. The van der Waals surface area contributed by atoms with Gasteiger partial charge in [0, 0.05) is 0 Å². The van der Waals surface area contributed by atoms with E-state index < -0.39 is 0 Å². The van der Waals surface area contributed by atoms with Crippen LogP contribution in [0.5, 0.6) is 0 Å².